The maximum atomic E-state index is 12.5. The predicted octanol–water partition coefficient (Wildman–Crippen LogP) is 5.33. The van der Waals surface area contributed by atoms with E-state index in [1.807, 2.05) is 7.05 Å². The molecule has 0 heterocycles. The van der Waals surface area contributed by atoms with Crippen LogP contribution in [0.1, 0.15) is 62.6 Å². The van der Waals surface area contributed by atoms with Gasteiger partial charge in [-0.2, -0.15) is 13.2 Å². The number of rotatable bonds is 8. The SMILES string of the molecule is CCCCCCCC(NC)c1ccc(C(F)(F)F)cc1. The fourth-order valence-electron chi connectivity index (χ4n) is 2.33. The zero-order chi connectivity index (χ0) is 15.0. The van der Waals surface area contributed by atoms with Gasteiger partial charge in [-0.15, -0.1) is 0 Å². The quantitative estimate of drug-likeness (QED) is 0.637. The first-order valence-electron chi connectivity index (χ1n) is 7.33. The van der Waals surface area contributed by atoms with Crippen LogP contribution in [0, 0.1) is 0 Å². The highest BCUT2D eigenvalue weighted by Crippen LogP contribution is 2.30. The zero-order valence-electron chi connectivity index (χ0n) is 12.3. The van der Waals surface area contributed by atoms with Crippen molar-refractivity contribution in [1.29, 1.82) is 0 Å². The van der Waals surface area contributed by atoms with Gasteiger partial charge in [0.05, 0.1) is 5.56 Å². The van der Waals surface area contributed by atoms with E-state index in [9.17, 15) is 13.2 Å². The number of nitrogens with one attached hydrogen (secondary N) is 1. The van der Waals surface area contributed by atoms with Gasteiger partial charge in [0.15, 0.2) is 0 Å². The summed E-state index contributed by atoms with van der Waals surface area (Å²) in [4.78, 5) is 0. The molecule has 0 bridgehead atoms. The number of unbranched alkanes of at least 4 members (excludes halogenated alkanes) is 4. The highest BCUT2D eigenvalue weighted by atomic mass is 19.4. The molecule has 1 rings (SSSR count). The molecule has 0 saturated carbocycles. The van der Waals surface area contributed by atoms with Crippen LogP contribution >= 0.6 is 0 Å². The summed E-state index contributed by atoms with van der Waals surface area (Å²) < 4.78 is 37.5. The fraction of sp³-hybridized carbons (Fsp3) is 0.625. The normalized spacial score (nSPS) is 13.4. The summed E-state index contributed by atoms with van der Waals surface area (Å²) >= 11 is 0. The van der Waals surface area contributed by atoms with Gasteiger partial charge in [-0.1, -0.05) is 51.2 Å². The lowest BCUT2D eigenvalue weighted by Gasteiger charge is -2.17. The smallest absolute Gasteiger partial charge is 0.313 e. The van der Waals surface area contributed by atoms with Gasteiger partial charge in [-0.25, -0.2) is 0 Å². The number of benzene rings is 1. The van der Waals surface area contributed by atoms with Crippen molar-refractivity contribution in [1.82, 2.24) is 5.32 Å². The van der Waals surface area contributed by atoms with Crippen molar-refractivity contribution in [3.05, 3.63) is 35.4 Å². The molecule has 1 N–H and O–H groups in total. The Balaban J connectivity index is 2.53. The molecule has 0 aliphatic rings. The Morgan fingerprint density at radius 1 is 1.00 bits per heavy atom. The van der Waals surface area contributed by atoms with Gasteiger partial charge in [0, 0.05) is 6.04 Å². The number of halogens is 3. The molecule has 1 atom stereocenters. The number of alkyl halides is 3. The third-order valence-corrected chi connectivity index (χ3v) is 3.59. The van der Waals surface area contributed by atoms with E-state index in [2.05, 4.69) is 12.2 Å². The van der Waals surface area contributed by atoms with Gasteiger partial charge in [0.25, 0.3) is 0 Å². The second-order valence-electron chi connectivity index (χ2n) is 5.16. The van der Waals surface area contributed by atoms with Crippen LogP contribution in [-0.4, -0.2) is 7.05 Å². The van der Waals surface area contributed by atoms with Crippen LogP contribution in [0.3, 0.4) is 0 Å². The third kappa shape index (κ3) is 5.53. The molecule has 114 valence electrons. The molecular weight excluding hydrogens is 263 g/mol. The summed E-state index contributed by atoms with van der Waals surface area (Å²) in [5, 5.41) is 3.19. The first kappa shape index (κ1) is 17.0. The molecule has 0 aliphatic carbocycles. The van der Waals surface area contributed by atoms with Crippen LogP contribution in [-0.2, 0) is 6.18 Å². The lowest BCUT2D eigenvalue weighted by atomic mass is 9.99. The van der Waals surface area contributed by atoms with Crippen LogP contribution in [0.25, 0.3) is 0 Å². The van der Waals surface area contributed by atoms with Crippen LogP contribution in [0.4, 0.5) is 13.2 Å². The summed E-state index contributed by atoms with van der Waals surface area (Å²) in [6.07, 6.45) is 2.71. The van der Waals surface area contributed by atoms with Gasteiger partial charge in [-0.05, 0) is 31.2 Å². The van der Waals surface area contributed by atoms with Gasteiger partial charge in [0.2, 0.25) is 0 Å². The summed E-state index contributed by atoms with van der Waals surface area (Å²) in [6, 6.07) is 5.62. The van der Waals surface area contributed by atoms with E-state index in [0.717, 1.165) is 30.5 Å². The highest BCUT2D eigenvalue weighted by Gasteiger charge is 2.30. The molecule has 1 aromatic rings. The van der Waals surface area contributed by atoms with E-state index in [-0.39, 0.29) is 6.04 Å². The van der Waals surface area contributed by atoms with E-state index in [0.29, 0.717) is 0 Å². The summed E-state index contributed by atoms with van der Waals surface area (Å²) in [7, 11) is 1.86. The maximum absolute atomic E-state index is 12.5. The van der Waals surface area contributed by atoms with Crippen molar-refractivity contribution in [3.8, 4) is 0 Å². The molecule has 0 spiro atoms. The minimum absolute atomic E-state index is 0.138. The first-order valence-corrected chi connectivity index (χ1v) is 7.33. The van der Waals surface area contributed by atoms with Crippen molar-refractivity contribution < 1.29 is 13.2 Å². The Kier molecular flexibility index (Phi) is 7.06. The van der Waals surface area contributed by atoms with Gasteiger partial charge >= 0.3 is 6.18 Å². The van der Waals surface area contributed by atoms with E-state index < -0.39 is 11.7 Å². The van der Waals surface area contributed by atoms with E-state index in [1.165, 1.54) is 25.7 Å². The third-order valence-electron chi connectivity index (χ3n) is 3.59. The average molecular weight is 287 g/mol. The monoisotopic (exact) mass is 287 g/mol. The van der Waals surface area contributed by atoms with Crippen LogP contribution in [0.2, 0.25) is 0 Å². The Hall–Kier alpha value is -1.03. The summed E-state index contributed by atoms with van der Waals surface area (Å²) in [5.41, 5.74) is 0.343. The van der Waals surface area contributed by atoms with Crippen molar-refractivity contribution in [3.63, 3.8) is 0 Å². The average Bonchev–Trinajstić information content (AvgIpc) is 2.42. The lowest BCUT2D eigenvalue weighted by molar-refractivity contribution is -0.137. The highest BCUT2D eigenvalue weighted by molar-refractivity contribution is 5.26. The van der Waals surface area contributed by atoms with Gasteiger partial charge in [0.1, 0.15) is 0 Å². The number of hydrogen-bond donors (Lipinski definition) is 1. The van der Waals surface area contributed by atoms with E-state index >= 15 is 0 Å². The molecule has 0 saturated heterocycles. The van der Waals surface area contributed by atoms with Crippen molar-refractivity contribution in [2.24, 2.45) is 0 Å². The second-order valence-corrected chi connectivity index (χ2v) is 5.16. The van der Waals surface area contributed by atoms with Crippen molar-refractivity contribution in [2.45, 2.75) is 57.7 Å². The van der Waals surface area contributed by atoms with Crippen molar-refractivity contribution in [2.75, 3.05) is 7.05 Å². The van der Waals surface area contributed by atoms with Crippen molar-refractivity contribution >= 4 is 0 Å². The first-order chi connectivity index (χ1) is 9.49. The molecule has 1 unspecified atom stereocenters. The van der Waals surface area contributed by atoms with E-state index in [4.69, 9.17) is 0 Å². The standard InChI is InChI=1S/C16H24F3N/c1-3-4-5-6-7-8-15(20-2)13-9-11-14(12-10-13)16(17,18)19/h9-12,15,20H,3-8H2,1-2H3. The molecule has 1 nitrogen and oxygen atoms in total. The van der Waals surface area contributed by atoms with Crippen LogP contribution in [0.5, 0.6) is 0 Å². The molecule has 0 aromatic heterocycles. The molecule has 0 fully saturated rings. The second kappa shape index (κ2) is 8.30. The Bertz CT molecular complexity index is 370. The Labute approximate surface area is 119 Å². The van der Waals surface area contributed by atoms with Crippen LogP contribution in [0.15, 0.2) is 24.3 Å². The zero-order valence-corrected chi connectivity index (χ0v) is 12.3. The van der Waals surface area contributed by atoms with E-state index in [1.54, 1.807) is 12.1 Å². The molecule has 1 aromatic carbocycles. The minimum Gasteiger partial charge on any atom is -0.313 e. The predicted molar refractivity (Wildman–Crippen MR) is 76.6 cm³/mol. The molecule has 4 heteroatoms. The largest absolute Gasteiger partial charge is 0.416 e. The topological polar surface area (TPSA) is 12.0 Å². The molecule has 20 heavy (non-hydrogen) atoms. The maximum Gasteiger partial charge on any atom is 0.416 e. The Morgan fingerprint density at radius 2 is 1.60 bits per heavy atom. The van der Waals surface area contributed by atoms with Gasteiger partial charge < -0.3 is 5.32 Å². The molecule has 0 aliphatic heterocycles. The lowest BCUT2D eigenvalue weighted by Crippen LogP contribution is -2.16. The van der Waals surface area contributed by atoms with Gasteiger partial charge in [-0.3, -0.25) is 0 Å². The van der Waals surface area contributed by atoms with Crippen LogP contribution < -0.4 is 5.32 Å². The fourth-order valence-corrected chi connectivity index (χ4v) is 2.33. The summed E-state index contributed by atoms with van der Waals surface area (Å²) in [5.74, 6) is 0. The summed E-state index contributed by atoms with van der Waals surface area (Å²) in [6.45, 7) is 2.18. The molecular formula is C16H24F3N. The molecule has 0 amide bonds. The number of hydrogen-bond acceptors (Lipinski definition) is 1. The molecule has 0 radical (unpaired) electrons. The minimum atomic E-state index is -4.26. The Morgan fingerprint density at radius 3 is 2.10 bits per heavy atom.